The van der Waals surface area contributed by atoms with Crippen LogP contribution in [0.3, 0.4) is 0 Å². The predicted molar refractivity (Wildman–Crippen MR) is 110 cm³/mol. The van der Waals surface area contributed by atoms with Crippen molar-refractivity contribution in [1.82, 2.24) is 0 Å². The van der Waals surface area contributed by atoms with Gasteiger partial charge in [0.15, 0.2) is 8.32 Å². The summed E-state index contributed by atoms with van der Waals surface area (Å²) in [6.07, 6.45) is 0.581. The van der Waals surface area contributed by atoms with Gasteiger partial charge in [-0.15, -0.1) is 0 Å². The molecule has 27 heavy (non-hydrogen) atoms. The molecule has 3 nitrogen and oxygen atoms in total. The maximum absolute atomic E-state index is 14.3. The van der Waals surface area contributed by atoms with Gasteiger partial charge in [-0.1, -0.05) is 37.3 Å². The van der Waals surface area contributed by atoms with E-state index < -0.39 is 19.7 Å². The molecular formula is C22H31FO3Si. The highest BCUT2D eigenvalue weighted by Crippen LogP contribution is 2.37. The van der Waals surface area contributed by atoms with E-state index in [0.717, 1.165) is 5.56 Å². The minimum absolute atomic E-state index is 0.102. The van der Waals surface area contributed by atoms with Gasteiger partial charge in [-0.25, -0.2) is 4.39 Å². The van der Waals surface area contributed by atoms with Crippen LogP contribution in [0.15, 0.2) is 48.5 Å². The van der Waals surface area contributed by atoms with Gasteiger partial charge >= 0.3 is 0 Å². The van der Waals surface area contributed by atoms with Crippen molar-refractivity contribution in [3.63, 3.8) is 0 Å². The molecule has 2 rings (SSSR count). The van der Waals surface area contributed by atoms with E-state index in [4.69, 9.17) is 9.16 Å². The van der Waals surface area contributed by atoms with Gasteiger partial charge in [-0.2, -0.15) is 0 Å². The zero-order chi connectivity index (χ0) is 20.1. The maximum Gasteiger partial charge on any atom is 0.190 e. The van der Waals surface area contributed by atoms with Crippen molar-refractivity contribution in [2.75, 3.05) is 0 Å². The number of hydrogen-bond donors (Lipinski definition) is 1. The minimum atomic E-state index is -2.12. The Labute approximate surface area is 163 Å². The van der Waals surface area contributed by atoms with Crippen molar-refractivity contribution in [3.05, 3.63) is 65.5 Å². The Bertz CT molecular complexity index is 734. The molecule has 2 aromatic carbocycles. The molecule has 1 unspecified atom stereocenters. The quantitative estimate of drug-likeness (QED) is 0.564. The lowest BCUT2D eigenvalue weighted by Gasteiger charge is -2.36. The molecule has 0 fully saturated rings. The van der Waals surface area contributed by atoms with Crippen molar-refractivity contribution in [2.24, 2.45) is 0 Å². The first-order chi connectivity index (χ1) is 12.6. The first kappa shape index (κ1) is 21.6. The summed E-state index contributed by atoms with van der Waals surface area (Å²) in [5, 5.41) is 11.3. The summed E-state index contributed by atoms with van der Waals surface area (Å²) in [6, 6.07) is 14.7. The second-order valence-electron chi connectivity index (χ2n) is 7.94. The van der Waals surface area contributed by atoms with Gasteiger partial charge in [0.25, 0.3) is 0 Å². The monoisotopic (exact) mass is 390 g/mol. The predicted octanol–water partition coefficient (Wildman–Crippen LogP) is 5.63. The van der Waals surface area contributed by atoms with Crippen LogP contribution in [-0.4, -0.2) is 19.5 Å². The van der Waals surface area contributed by atoms with Crippen molar-refractivity contribution >= 4 is 8.32 Å². The standard InChI is InChI=1S/C22H31FO3Si/c1-6-22(24,16-27(4,5)26-17(2)3)19-12-20(23)14-21(13-19)25-15-18-10-8-7-9-11-18/h7-14,17,24H,6,15-16H2,1-5H3. The van der Waals surface area contributed by atoms with Crippen molar-refractivity contribution in [2.45, 2.75) is 64.6 Å². The SMILES string of the molecule is CCC(O)(C[Si](C)(C)OC(C)C)c1cc(F)cc(OCc2ccccc2)c1. The minimum Gasteiger partial charge on any atom is -0.489 e. The second-order valence-corrected chi connectivity index (χ2v) is 12.0. The average molecular weight is 391 g/mol. The zero-order valence-corrected chi connectivity index (χ0v) is 18.0. The molecule has 0 radical (unpaired) electrons. The first-order valence-corrected chi connectivity index (χ1v) is 12.6. The molecule has 1 N–H and O–H groups in total. The second kappa shape index (κ2) is 9.00. The molecule has 0 aliphatic heterocycles. The summed E-state index contributed by atoms with van der Waals surface area (Å²) in [5.74, 6) is 0.0108. The molecule has 0 bridgehead atoms. The van der Waals surface area contributed by atoms with Crippen LogP contribution >= 0.6 is 0 Å². The van der Waals surface area contributed by atoms with E-state index in [1.807, 2.05) is 51.1 Å². The van der Waals surface area contributed by atoms with Crippen molar-refractivity contribution in [1.29, 1.82) is 0 Å². The molecule has 2 aromatic rings. The Hall–Kier alpha value is -1.69. The number of rotatable bonds is 9. The Balaban J connectivity index is 2.23. The normalized spacial score (nSPS) is 14.2. The number of benzene rings is 2. The summed E-state index contributed by atoms with van der Waals surface area (Å²) < 4.78 is 26.1. The topological polar surface area (TPSA) is 38.7 Å². The smallest absolute Gasteiger partial charge is 0.190 e. The lowest BCUT2D eigenvalue weighted by atomic mass is 9.93. The van der Waals surface area contributed by atoms with Crippen LogP contribution in [0.5, 0.6) is 5.75 Å². The van der Waals surface area contributed by atoms with E-state index in [9.17, 15) is 9.50 Å². The highest BCUT2D eigenvalue weighted by molar-refractivity contribution is 6.71. The number of ether oxygens (including phenoxy) is 1. The van der Waals surface area contributed by atoms with E-state index in [2.05, 4.69) is 13.1 Å². The Morgan fingerprint density at radius 3 is 2.37 bits per heavy atom. The fraction of sp³-hybridized carbons (Fsp3) is 0.455. The summed E-state index contributed by atoms with van der Waals surface area (Å²) in [5.41, 5.74) is 0.409. The number of aliphatic hydroxyl groups is 1. The van der Waals surface area contributed by atoms with E-state index in [0.29, 0.717) is 30.4 Å². The third-order valence-electron chi connectivity index (χ3n) is 4.51. The van der Waals surface area contributed by atoms with Gasteiger partial charge in [0, 0.05) is 12.2 Å². The Morgan fingerprint density at radius 2 is 1.78 bits per heavy atom. The molecule has 0 aliphatic carbocycles. The van der Waals surface area contributed by atoms with Crippen LogP contribution in [0.4, 0.5) is 4.39 Å². The van der Waals surface area contributed by atoms with Crippen LogP contribution in [0.1, 0.15) is 38.3 Å². The van der Waals surface area contributed by atoms with E-state index >= 15 is 0 Å². The lowest BCUT2D eigenvalue weighted by Crippen LogP contribution is -2.42. The highest BCUT2D eigenvalue weighted by atomic mass is 28.4. The van der Waals surface area contributed by atoms with Gasteiger partial charge in [-0.3, -0.25) is 0 Å². The summed E-state index contributed by atoms with van der Waals surface area (Å²) in [4.78, 5) is 0. The average Bonchev–Trinajstić information content (AvgIpc) is 2.58. The van der Waals surface area contributed by atoms with Crippen LogP contribution < -0.4 is 4.74 Å². The zero-order valence-electron chi connectivity index (χ0n) is 17.0. The number of hydrogen-bond acceptors (Lipinski definition) is 3. The molecule has 148 valence electrons. The van der Waals surface area contributed by atoms with Gasteiger partial charge in [0.1, 0.15) is 18.2 Å². The third-order valence-corrected chi connectivity index (χ3v) is 7.06. The Morgan fingerprint density at radius 1 is 1.11 bits per heavy atom. The molecule has 0 saturated heterocycles. The van der Waals surface area contributed by atoms with E-state index in [-0.39, 0.29) is 6.10 Å². The largest absolute Gasteiger partial charge is 0.489 e. The third kappa shape index (κ3) is 6.45. The molecular weight excluding hydrogens is 359 g/mol. The molecule has 0 saturated carbocycles. The molecule has 1 atom stereocenters. The molecule has 0 aromatic heterocycles. The van der Waals surface area contributed by atoms with Crippen LogP contribution in [0.2, 0.25) is 19.1 Å². The van der Waals surface area contributed by atoms with Crippen molar-refractivity contribution in [3.8, 4) is 5.75 Å². The van der Waals surface area contributed by atoms with Gasteiger partial charge in [0.05, 0.1) is 5.60 Å². The van der Waals surface area contributed by atoms with Crippen LogP contribution in [0.25, 0.3) is 0 Å². The Kier molecular flexibility index (Phi) is 7.20. The molecule has 0 spiro atoms. The number of halogens is 1. The molecule has 0 amide bonds. The van der Waals surface area contributed by atoms with E-state index in [1.165, 1.54) is 12.1 Å². The summed E-state index contributed by atoms with van der Waals surface area (Å²) in [6.45, 7) is 10.4. The maximum atomic E-state index is 14.3. The lowest BCUT2D eigenvalue weighted by molar-refractivity contribution is 0.0448. The first-order valence-electron chi connectivity index (χ1n) is 9.51. The van der Waals surface area contributed by atoms with Crippen LogP contribution in [-0.2, 0) is 16.6 Å². The summed E-state index contributed by atoms with van der Waals surface area (Å²) in [7, 11) is -2.12. The van der Waals surface area contributed by atoms with Gasteiger partial charge < -0.3 is 14.3 Å². The molecule has 0 aliphatic rings. The van der Waals surface area contributed by atoms with Crippen molar-refractivity contribution < 1.29 is 18.7 Å². The van der Waals surface area contributed by atoms with E-state index in [1.54, 1.807) is 6.07 Å². The van der Waals surface area contributed by atoms with Gasteiger partial charge in [0.2, 0.25) is 0 Å². The highest BCUT2D eigenvalue weighted by Gasteiger charge is 2.38. The fourth-order valence-electron chi connectivity index (χ4n) is 3.47. The summed E-state index contributed by atoms with van der Waals surface area (Å²) >= 11 is 0. The van der Waals surface area contributed by atoms with Gasteiger partial charge in [-0.05, 0) is 62.7 Å². The van der Waals surface area contributed by atoms with Crippen LogP contribution in [0, 0.1) is 5.82 Å². The molecule has 0 heterocycles. The fourth-order valence-corrected chi connectivity index (χ4v) is 6.69. The molecule has 5 heteroatoms.